The van der Waals surface area contributed by atoms with Gasteiger partial charge in [0, 0.05) is 36.7 Å². The van der Waals surface area contributed by atoms with E-state index in [-0.39, 0.29) is 36.0 Å². The summed E-state index contributed by atoms with van der Waals surface area (Å²) in [6.45, 7) is 0.244. The van der Waals surface area contributed by atoms with Crippen molar-refractivity contribution in [2.75, 3.05) is 23.8 Å². The van der Waals surface area contributed by atoms with Crippen LogP contribution in [-0.4, -0.2) is 41.4 Å². The highest BCUT2D eigenvalue weighted by Crippen LogP contribution is 2.42. The van der Waals surface area contributed by atoms with E-state index < -0.39 is 18.1 Å². The quantitative estimate of drug-likeness (QED) is 0.399. The molecular formula is C23H20F2N4O5. The number of anilines is 2. The van der Waals surface area contributed by atoms with Crippen molar-refractivity contribution in [3.05, 3.63) is 77.6 Å². The van der Waals surface area contributed by atoms with Crippen LogP contribution in [0.3, 0.4) is 0 Å². The number of aliphatic hydroxyl groups excluding tert-OH is 1. The maximum absolute atomic E-state index is 13.2. The van der Waals surface area contributed by atoms with Gasteiger partial charge in [-0.2, -0.15) is 0 Å². The van der Waals surface area contributed by atoms with Crippen molar-refractivity contribution in [1.82, 2.24) is 10.3 Å². The van der Waals surface area contributed by atoms with E-state index in [4.69, 9.17) is 5.11 Å². The van der Waals surface area contributed by atoms with Crippen molar-refractivity contribution in [2.24, 2.45) is 0 Å². The summed E-state index contributed by atoms with van der Waals surface area (Å²) in [7, 11) is 0. The van der Waals surface area contributed by atoms with E-state index in [0.29, 0.717) is 17.8 Å². The van der Waals surface area contributed by atoms with Crippen molar-refractivity contribution in [3.63, 3.8) is 0 Å². The van der Waals surface area contributed by atoms with Gasteiger partial charge in [0.05, 0.1) is 12.2 Å². The van der Waals surface area contributed by atoms with Gasteiger partial charge < -0.3 is 30.5 Å². The summed E-state index contributed by atoms with van der Waals surface area (Å²) in [5.74, 6) is -1.16. The van der Waals surface area contributed by atoms with Gasteiger partial charge in [0.15, 0.2) is 11.5 Å². The number of alkyl halides is 2. The van der Waals surface area contributed by atoms with Crippen molar-refractivity contribution in [1.29, 1.82) is 0 Å². The van der Waals surface area contributed by atoms with E-state index in [0.717, 1.165) is 5.56 Å². The van der Waals surface area contributed by atoms with Crippen molar-refractivity contribution < 1.29 is 33.0 Å². The molecule has 2 heterocycles. The minimum Gasteiger partial charge on any atom is -0.395 e. The standard InChI is InChI=1S/C23H20F2N4O5/c24-23(25)33-19-6-5-15(12-20(19)34-23)29-21(31)16-3-1-2-4-17(16)28-13-14-7-8-26-18(11-14)22(32)27-9-10-30/h1-8,11-12,28,30H,9-10,13H2,(H,27,32)(H,29,31). The molecule has 4 rings (SSSR count). The summed E-state index contributed by atoms with van der Waals surface area (Å²) in [4.78, 5) is 28.9. The second kappa shape index (κ2) is 9.71. The predicted molar refractivity (Wildman–Crippen MR) is 118 cm³/mol. The first-order valence-electron chi connectivity index (χ1n) is 10.2. The molecule has 2 aromatic carbocycles. The Bertz CT molecular complexity index is 1220. The Morgan fingerprint density at radius 2 is 1.79 bits per heavy atom. The Kier molecular flexibility index (Phi) is 6.55. The second-order valence-corrected chi connectivity index (χ2v) is 7.21. The summed E-state index contributed by atoms with van der Waals surface area (Å²) in [6, 6.07) is 14.1. The fourth-order valence-electron chi connectivity index (χ4n) is 3.23. The number of benzene rings is 2. The van der Waals surface area contributed by atoms with Gasteiger partial charge >= 0.3 is 6.29 Å². The van der Waals surface area contributed by atoms with Gasteiger partial charge in [-0.1, -0.05) is 12.1 Å². The van der Waals surface area contributed by atoms with Crippen molar-refractivity contribution in [3.8, 4) is 11.5 Å². The fourth-order valence-corrected chi connectivity index (χ4v) is 3.23. The molecule has 2 amide bonds. The molecule has 0 fully saturated rings. The lowest BCUT2D eigenvalue weighted by atomic mass is 10.1. The molecule has 0 bridgehead atoms. The number of hydrogen-bond donors (Lipinski definition) is 4. The zero-order valence-electron chi connectivity index (χ0n) is 17.7. The number of nitrogens with zero attached hydrogens (tertiary/aromatic N) is 1. The summed E-state index contributed by atoms with van der Waals surface area (Å²) >= 11 is 0. The third-order valence-electron chi connectivity index (χ3n) is 4.77. The summed E-state index contributed by atoms with van der Waals surface area (Å²) in [5, 5.41) is 17.2. The molecule has 9 nitrogen and oxygen atoms in total. The molecule has 34 heavy (non-hydrogen) atoms. The zero-order chi connectivity index (χ0) is 24.1. The number of rotatable bonds is 8. The van der Waals surface area contributed by atoms with Crippen molar-refractivity contribution in [2.45, 2.75) is 12.8 Å². The fraction of sp³-hybridized carbons (Fsp3) is 0.174. The highest BCUT2D eigenvalue weighted by molar-refractivity contribution is 6.08. The monoisotopic (exact) mass is 470 g/mol. The number of fused-ring (bicyclic) bond motifs is 1. The molecule has 1 aliphatic heterocycles. The normalized spacial score (nSPS) is 13.3. The van der Waals surface area contributed by atoms with Crippen LogP contribution >= 0.6 is 0 Å². The van der Waals surface area contributed by atoms with Crippen molar-refractivity contribution >= 4 is 23.2 Å². The van der Waals surface area contributed by atoms with Crippen LogP contribution in [0.5, 0.6) is 11.5 Å². The van der Waals surface area contributed by atoms with Crippen LogP contribution in [0.1, 0.15) is 26.4 Å². The van der Waals surface area contributed by atoms with Gasteiger partial charge in [0.2, 0.25) is 0 Å². The molecule has 0 atom stereocenters. The Balaban J connectivity index is 1.44. The van der Waals surface area contributed by atoms with Gasteiger partial charge in [-0.25, -0.2) is 0 Å². The number of aliphatic hydroxyl groups is 1. The number of pyridine rings is 1. The van der Waals surface area contributed by atoms with Gasteiger partial charge in [-0.15, -0.1) is 8.78 Å². The number of ether oxygens (including phenoxy) is 2. The molecule has 0 saturated heterocycles. The highest BCUT2D eigenvalue weighted by atomic mass is 19.3. The highest BCUT2D eigenvalue weighted by Gasteiger charge is 2.43. The van der Waals surface area contributed by atoms with Crippen LogP contribution in [0.15, 0.2) is 60.8 Å². The maximum atomic E-state index is 13.2. The average Bonchev–Trinajstić information content (AvgIpc) is 3.14. The Labute approximate surface area is 192 Å². The molecule has 0 unspecified atom stereocenters. The smallest absolute Gasteiger partial charge is 0.395 e. The zero-order valence-corrected chi connectivity index (χ0v) is 17.7. The second-order valence-electron chi connectivity index (χ2n) is 7.21. The number of carbonyl (C=O) groups excluding carboxylic acids is 2. The van der Waals surface area contributed by atoms with E-state index in [1.54, 1.807) is 36.4 Å². The summed E-state index contributed by atoms with van der Waals surface area (Å²) in [5.41, 5.74) is 2.05. The lowest BCUT2D eigenvalue weighted by molar-refractivity contribution is -0.286. The van der Waals surface area contributed by atoms with E-state index in [9.17, 15) is 18.4 Å². The first-order chi connectivity index (χ1) is 16.3. The SMILES string of the molecule is O=C(NCCO)c1cc(CNc2ccccc2C(=O)Nc2ccc3c(c2)OC(F)(F)O3)ccn1. The maximum Gasteiger partial charge on any atom is 0.586 e. The lowest BCUT2D eigenvalue weighted by Gasteiger charge is -2.13. The average molecular weight is 470 g/mol. The molecule has 0 spiro atoms. The molecular weight excluding hydrogens is 450 g/mol. The molecule has 11 heteroatoms. The van der Waals surface area contributed by atoms with Gasteiger partial charge in [-0.3, -0.25) is 14.6 Å². The lowest BCUT2D eigenvalue weighted by Crippen LogP contribution is -2.27. The van der Waals surface area contributed by atoms with Gasteiger partial charge in [0.25, 0.3) is 11.8 Å². The number of nitrogens with one attached hydrogen (secondary N) is 3. The molecule has 0 radical (unpaired) electrons. The number of para-hydroxylation sites is 1. The number of hydrogen-bond acceptors (Lipinski definition) is 7. The molecule has 1 aliphatic rings. The predicted octanol–water partition coefficient (Wildman–Crippen LogP) is 2.99. The van der Waals surface area contributed by atoms with Crippen LogP contribution in [0.4, 0.5) is 20.2 Å². The Morgan fingerprint density at radius 1 is 1.00 bits per heavy atom. The largest absolute Gasteiger partial charge is 0.586 e. The molecule has 3 aromatic rings. The molecule has 1 aromatic heterocycles. The Morgan fingerprint density at radius 3 is 2.62 bits per heavy atom. The number of aromatic nitrogens is 1. The third-order valence-corrected chi connectivity index (χ3v) is 4.77. The number of amides is 2. The minimum absolute atomic E-state index is 0.119. The van der Waals surface area contributed by atoms with Crippen LogP contribution < -0.4 is 25.4 Å². The third kappa shape index (κ3) is 5.38. The number of halogens is 2. The van der Waals surface area contributed by atoms with E-state index >= 15 is 0 Å². The number of carbonyl (C=O) groups is 2. The molecule has 4 N–H and O–H groups in total. The first kappa shape index (κ1) is 22.9. The van der Waals surface area contributed by atoms with Crippen LogP contribution in [0.2, 0.25) is 0 Å². The topological polar surface area (TPSA) is 122 Å². The molecule has 0 saturated carbocycles. The van der Waals surface area contributed by atoms with E-state index in [2.05, 4.69) is 30.4 Å². The minimum atomic E-state index is -3.74. The summed E-state index contributed by atoms with van der Waals surface area (Å²) in [6.07, 6.45) is -2.25. The van der Waals surface area contributed by atoms with E-state index in [1.807, 2.05) is 0 Å². The summed E-state index contributed by atoms with van der Waals surface area (Å²) < 4.78 is 35.2. The van der Waals surface area contributed by atoms with E-state index in [1.165, 1.54) is 24.4 Å². The molecule has 176 valence electrons. The van der Waals surface area contributed by atoms with Gasteiger partial charge in [-0.05, 0) is 42.0 Å². The Hall–Kier alpha value is -4.25. The van der Waals surface area contributed by atoms with Crippen LogP contribution in [-0.2, 0) is 6.54 Å². The van der Waals surface area contributed by atoms with Crippen LogP contribution in [0, 0.1) is 0 Å². The first-order valence-corrected chi connectivity index (χ1v) is 10.2. The van der Waals surface area contributed by atoms with Gasteiger partial charge in [0.1, 0.15) is 5.69 Å². The van der Waals surface area contributed by atoms with Crippen LogP contribution in [0.25, 0.3) is 0 Å². The molecule has 0 aliphatic carbocycles.